The van der Waals surface area contributed by atoms with Crippen LogP contribution in [0.25, 0.3) is 0 Å². The third kappa shape index (κ3) is 2.94. The SMILES string of the molecule is CC(C)C(C)(C)CNc1nc2c(cc1C(=O)O)CCC2. The van der Waals surface area contributed by atoms with Gasteiger partial charge in [-0.25, -0.2) is 9.78 Å². The fourth-order valence-corrected chi connectivity index (χ4v) is 2.29. The van der Waals surface area contributed by atoms with E-state index in [4.69, 9.17) is 0 Å². The molecule has 1 aromatic heterocycles. The summed E-state index contributed by atoms with van der Waals surface area (Å²) in [4.78, 5) is 15.9. The molecular formula is C16H24N2O2. The predicted octanol–water partition coefficient (Wildman–Crippen LogP) is 3.36. The van der Waals surface area contributed by atoms with E-state index in [2.05, 4.69) is 38.0 Å². The molecule has 0 amide bonds. The lowest BCUT2D eigenvalue weighted by atomic mass is 9.81. The lowest BCUT2D eigenvalue weighted by Gasteiger charge is -2.30. The van der Waals surface area contributed by atoms with Crippen molar-refractivity contribution in [2.75, 3.05) is 11.9 Å². The minimum Gasteiger partial charge on any atom is -0.478 e. The molecule has 2 N–H and O–H groups in total. The van der Waals surface area contributed by atoms with Crippen LogP contribution in [0.5, 0.6) is 0 Å². The molecule has 1 heterocycles. The Morgan fingerprint density at radius 1 is 1.45 bits per heavy atom. The quantitative estimate of drug-likeness (QED) is 0.865. The highest BCUT2D eigenvalue weighted by molar-refractivity contribution is 5.93. The van der Waals surface area contributed by atoms with Crippen LogP contribution < -0.4 is 5.32 Å². The molecule has 1 aromatic rings. The fourth-order valence-electron chi connectivity index (χ4n) is 2.29. The van der Waals surface area contributed by atoms with E-state index < -0.39 is 5.97 Å². The molecule has 4 heteroatoms. The highest BCUT2D eigenvalue weighted by Gasteiger charge is 2.24. The molecule has 0 aromatic carbocycles. The summed E-state index contributed by atoms with van der Waals surface area (Å²) in [5.74, 6) is 0.127. The highest BCUT2D eigenvalue weighted by Crippen LogP contribution is 2.29. The van der Waals surface area contributed by atoms with Crippen molar-refractivity contribution in [2.45, 2.75) is 47.0 Å². The van der Waals surface area contributed by atoms with Gasteiger partial charge in [-0.2, -0.15) is 0 Å². The van der Waals surface area contributed by atoms with Gasteiger partial charge in [-0.3, -0.25) is 0 Å². The van der Waals surface area contributed by atoms with E-state index in [1.165, 1.54) is 0 Å². The van der Waals surface area contributed by atoms with Crippen molar-refractivity contribution in [3.63, 3.8) is 0 Å². The number of carbonyl (C=O) groups is 1. The molecular weight excluding hydrogens is 252 g/mol. The molecule has 0 aliphatic heterocycles. The Morgan fingerprint density at radius 3 is 2.75 bits per heavy atom. The van der Waals surface area contributed by atoms with Gasteiger partial charge in [0.2, 0.25) is 0 Å². The zero-order valence-electron chi connectivity index (χ0n) is 12.8. The summed E-state index contributed by atoms with van der Waals surface area (Å²) >= 11 is 0. The second-order valence-corrected chi connectivity index (χ2v) is 6.65. The second kappa shape index (κ2) is 5.43. The molecule has 0 bridgehead atoms. The number of aryl methyl sites for hydroxylation is 2. The summed E-state index contributed by atoms with van der Waals surface area (Å²) in [5, 5.41) is 12.6. The van der Waals surface area contributed by atoms with Crippen LogP contribution in [-0.4, -0.2) is 22.6 Å². The van der Waals surface area contributed by atoms with Gasteiger partial charge in [0.1, 0.15) is 11.4 Å². The summed E-state index contributed by atoms with van der Waals surface area (Å²) in [6.45, 7) is 9.43. The molecule has 20 heavy (non-hydrogen) atoms. The number of anilines is 1. The third-order valence-electron chi connectivity index (χ3n) is 4.56. The number of hydrogen-bond donors (Lipinski definition) is 2. The number of aromatic nitrogens is 1. The first kappa shape index (κ1) is 14.8. The largest absolute Gasteiger partial charge is 0.478 e. The van der Waals surface area contributed by atoms with Crippen LogP contribution in [0, 0.1) is 11.3 Å². The molecule has 4 nitrogen and oxygen atoms in total. The van der Waals surface area contributed by atoms with Crippen molar-refractivity contribution in [3.8, 4) is 0 Å². The van der Waals surface area contributed by atoms with E-state index in [0.29, 0.717) is 17.3 Å². The Hall–Kier alpha value is -1.58. The standard InChI is InChI=1S/C16H24N2O2/c1-10(2)16(3,4)9-17-14-12(15(19)20)8-11-6-5-7-13(11)18-14/h8,10H,5-7,9H2,1-4H3,(H,17,18)(H,19,20). The van der Waals surface area contributed by atoms with E-state index in [1.54, 1.807) is 6.07 Å². The van der Waals surface area contributed by atoms with E-state index in [0.717, 1.165) is 37.1 Å². The number of aromatic carboxylic acids is 1. The maximum atomic E-state index is 11.4. The van der Waals surface area contributed by atoms with Crippen LogP contribution in [0.4, 0.5) is 5.82 Å². The summed E-state index contributed by atoms with van der Waals surface area (Å²) < 4.78 is 0. The van der Waals surface area contributed by atoms with Crippen molar-refractivity contribution in [1.82, 2.24) is 4.98 Å². The number of carboxylic acid groups (broad SMARTS) is 1. The van der Waals surface area contributed by atoms with Crippen molar-refractivity contribution in [2.24, 2.45) is 11.3 Å². The highest BCUT2D eigenvalue weighted by atomic mass is 16.4. The van der Waals surface area contributed by atoms with Gasteiger partial charge < -0.3 is 10.4 Å². The average molecular weight is 276 g/mol. The third-order valence-corrected chi connectivity index (χ3v) is 4.56. The zero-order chi connectivity index (χ0) is 14.9. The molecule has 0 atom stereocenters. The number of rotatable bonds is 5. The summed E-state index contributed by atoms with van der Waals surface area (Å²) in [5.41, 5.74) is 2.54. The van der Waals surface area contributed by atoms with Crippen LogP contribution >= 0.6 is 0 Å². The molecule has 0 radical (unpaired) electrons. The maximum Gasteiger partial charge on any atom is 0.339 e. The summed E-state index contributed by atoms with van der Waals surface area (Å²) in [6.07, 6.45) is 2.97. The van der Waals surface area contributed by atoms with Crippen molar-refractivity contribution in [3.05, 3.63) is 22.9 Å². The Bertz CT molecular complexity index is 521. The minimum atomic E-state index is -0.906. The van der Waals surface area contributed by atoms with Gasteiger partial charge in [-0.1, -0.05) is 27.7 Å². The van der Waals surface area contributed by atoms with Crippen molar-refractivity contribution >= 4 is 11.8 Å². The van der Waals surface area contributed by atoms with Crippen LogP contribution in [0.3, 0.4) is 0 Å². The van der Waals surface area contributed by atoms with Gasteiger partial charge in [-0.15, -0.1) is 0 Å². The monoisotopic (exact) mass is 276 g/mol. The van der Waals surface area contributed by atoms with Gasteiger partial charge >= 0.3 is 5.97 Å². The lowest BCUT2D eigenvalue weighted by Crippen LogP contribution is -2.29. The first-order valence-electron chi connectivity index (χ1n) is 7.31. The van der Waals surface area contributed by atoms with Crippen molar-refractivity contribution < 1.29 is 9.90 Å². The molecule has 0 saturated heterocycles. The number of nitrogens with one attached hydrogen (secondary N) is 1. The van der Waals surface area contributed by atoms with Crippen molar-refractivity contribution in [1.29, 1.82) is 0 Å². The number of fused-ring (bicyclic) bond motifs is 1. The van der Waals surface area contributed by atoms with E-state index >= 15 is 0 Å². The Balaban J connectivity index is 2.25. The van der Waals surface area contributed by atoms with Gasteiger partial charge in [0.25, 0.3) is 0 Å². The Morgan fingerprint density at radius 2 is 2.15 bits per heavy atom. The zero-order valence-corrected chi connectivity index (χ0v) is 12.8. The molecule has 110 valence electrons. The van der Waals surface area contributed by atoms with E-state index in [-0.39, 0.29) is 5.41 Å². The van der Waals surface area contributed by atoms with Gasteiger partial charge in [0.05, 0.1) is 0 Å². The Kier molecular flexibility index (Phi) is 4.02. The van der Waals surface area contributed by atoms with Crippen LogP contribution in [-0.2, 0) is 12.8 Å². The van der Waals surface area contributed by atoms with E-state index in [1.807, 2.05) is 0 Å². The van der Waals surface area contributed by atoms with Crippen LogP contribution in [0.1, 0.15) is 55.7 Å². The molecule has 0 fully saturated rings. The molecule has 2 rings (SSSR count). The van der Waals surface area contributed by atoms with E-state index in [9.17, 15) is 9.90 Å². The molecule has 1 aliphatic rings. The second-order valence-electron chi connectivity index (χ2n) is 6.65. The fraction of sp³-hybridized carbons (Fsp3) is 0.625. The molecule has 0 unspecified atom stereocenters. The number of nitrogens with zero attached hydrogens (tertiary/aromatic N) is 1. The van der Waals surface area contributed by atoms with Gasteiger partial charge in [-0.05, 0) is 42.2 Å². The number of carboxylic acids is 1. The molecule has 0 saturated carbocycles. The lowest BCUT2D eigenvalue weighted by molar-refractivity contribution is 0.0697. The predicted molar refractivity (Wildman–Crippen MR) is 80.3 cm³/mol. The normalized spacial score (nSPS) is 14.4. The topological polar surface area (TPSA) is 62.2 Å². The first-order chi connectivity index (χ1) is 9.31. The number of hydrogen-bond acceptors (Lipinski definition) is 3. The van der Waals surface area contributed by atoms with Gasteiger partial charge in [0, 0.05) is 12.2 Å². The average Bonchev–Trinajstić information content (AvgIpc) is 2.81. The molecule has 1 aliphatic carbocycles. The molecule has 0 spiro atoms. The smallest absolute Gasteiger partial charge is 0.339 e. The first-order valence-corrected chi connectivity index (χ1v) is 7.31. The Labute approximate surface area is 120 Å². The van der Waals surface area contributed by atoms with Gasteiger partial charge in [0.15, 0.2) is 0 Å². The summed E-state index contributed by atoms with van der Waals surface area (Å²) in [6, 6.07) is 1.79. The van der Waals surface area contributed by atoms with Crippen LogP contribution in [0.2, 0.25) is 0 Å². The maximum absolute atomic E-state index is 11.4. The minimum absolute atomic E-state index is 0.0937. The van der Waals surface area contributed by atoms with Crippen LogP contribution in [0.15, 0.2) is 6.07 Å². The summed E-state index contributed by atoms with van der Waals surface area (Å²) in [7, 11) is 0. The number of pyridine rings is 1.